The molecule has 0 unspecified atom stereocenters. The van der Waals surface area contributed by atoms with Crippen molar-refractivity contribution in [1.29, 1.82) is 0 Å². The Morgan fingerprint density at radius 2 is 1.81 bits per heavy atom. The van der Waals surface area contributed by atoms with Gasteiger partial charge in [0.2, 0.25) is 0 Å². The number of anilines is 1. The predicted octanol–water partition coefficient (Wildman–Crippen LogP) is 3.65. The lowest BCUT2D eigenvalue weighted by Crippen LogP contribution is -2.37. The fraction of sp³-hybridized carbons (Fsp3) is 0.120. The van der Waals surface area contributed by atoms with Gasteiger partial charge in [0.1, 0.15) is 0 Å². The van der Waals surface area contributed by atoms with E-state index in [9.17, 15) is 19.8 Å². The second-order valence-electron chi connectivity index (χ2n) is 7.64. The Hall–Kier alpha value is -4.10. The lowest BCUT2D eigenvalue weighted by atomic mass is 9.93. The van der Waals surface area contributed by atoms with Crippen molar-refractivity contribution >= 4 is 23.1 Å². The van der Waals surface area contributed by atoms with Crippen molar-refractivity contribution in [3.05, 3.63) is 82.9 Å². The van der Waals surface area contributed by atoms with E-state index in [1.807, 2.05) is 24.3 Å². The first-order valence-corrected chi connectivity index (χ1v) is 10.1. The van der Waals surface area contributed by atoms with Crippen molar-refractivity contribution in [2.75, 3.05) is 11.9 Å². The molecule has 0 aliphatic carbocycles. The molecule has 7 heteroatoms. The van der Waals surface area contributed by atoms with Gasteiger partial charge >= 0.3 is 0 Å². The number of hydrogen-bond donors (Lipinski definition) is 5. The highest BCUT2D eigenvalue weighted by atomic mass is 16.3. The second-order valence-corrected chi connectivity index (χ2v) is 7.64. The highest BCUT2D eigenvalue weighted by Crippen LogP contribution is 2.39. The monoisotopic (exact) mass is 429 g/mol. The van der Waals surface area contributed by atoms with Gasteiger partial charge in [-0.25, -0.2) is 5.43 Å². The van der Waals surface area contributed by atoms with Crippen LogP contribution in [0, 0.1) is 13.8 Å². The third kappa shape index (κ3) is 4.06. The van der Waals surface area contributed by atoms with Crippen LogP contribution in [0.3, 0.4) is 0 Å². The van der Waals surface area contributed by atoms with Crippen LogP contribution in [0.5, 0.6) is 11.5 Å². The Labute approximate surface area is 185 Å². The van der Waals surface area contributed by atoms with Gasteiger partial charge in [-0.1, -0.05) is 36.4 Å². The van der Waals surface area contributed by atoms with Crippen LogP contribution in [0.25, 0.3) is 16.7 Å². The molecule has 0 saturated heterocycles. The summed E-state index contributed by atoms with van der Waals surface area (Å²) in [5.41, 5.74) is 11.9. The van der Waals surface area contributed by atoms with E-state index >= 15 is 0 Å². The van der Waals surface area contributed by atoms with Gasteiger partial charge in [-0.15, -0.1) is 0 Å². The van der Waals surface area contributed by atoms with Gasteiger partial charge < -0.3 is 15.5 Å². The van der Waals surface area contributed by atoms with Gasteiger partial charge in [-0.3, -0.25) is 15.0 Å². The van der Waals surface area contributed by atoms with Crippen LogP contribution in [-0.4, -0.2) is 28.6 Å². The maximum Gasteiger partial charge on any atom is 0.265 e. The zero-order chi connectivity index (χ0) is 22.8. The van der Waals surface area contributed by atoms with Crippen molar-refractivity contribution in [3.63, 3.8) is 0 Å². The predicted molar refractivity (Wildman–Crippen MR) is 123 cm³/mol. The van der Waals surface area contributed by atoms with Crippen molar-refractivity contribution in [3.8, 4) is 22.6 Å². The van der Waals surface area contributed by atoms with Crippen molar-refractivity contribution in [1.82, 2.24) is 10.9 Å². The van der Waals surface area contributed by atoms with E-state index in [2.05, 4.69) is 42.1 Å². The van der Waals surface area contributed by atoms with Gasteiger partial charge in [0, 0.05) is 28.9 Å². The largest absolute Gasteiger partial charge is 0.504 e. The van der Waals surface area contributed by atoms with Crippen LogP contribution in [0.1, 0.15) is 27.0 Å². The van der Waals surface area contributed by atoms with Crippen LogP contribution in [-0.2, 0) is 4.79 Å². The van der Waals surface area contributed by atoms with Crippen LogP contribution in [0.4, 0.5) is 5.69 Å². The lowest BCUT2D eigenvalue weighted by molar-refractivity contribution is -0.110. The molecule has 1 heterocycles. The number of aryl methyl sites for hydroxylation is 2. The molecule has 1 aliphatic heterocycles. The molecule has 32 heavy (non-hydrogen) atoms. The molecule has 0 fully saturated rings. The molecule has 1 aliphatic rings. The van der Waals surface area contributed by atoms with E-state index in [-0.39, 0.29) is 29.5 Å². The molecule has 0 bridgehead atoms. The number of aromatic hydroxyl groups is 2. The number of hydrazine groups is 1. The SMILES string of the molecule is Cc1ccc(-c2cccc3c2/C(=C/CNNC(=O)c2ccc(O)c(O)c2)C(=O)N3)cc1C. The molecular formula is C25H23N3O4. The topological polar surface area (TPSA) is 111 Å². The molecule has 0 saturated carbocycles. The molecule has 3 aromatic carbocycles. The Bertz CT molecular complexity index is 1260. The smallest absolute Gasteiger partial charge is 0.265 e. The molecule has 162 valence electrons. The van der Waals surface area contributed by atoms with E-state index in [1.54, 1.807) is 6.08 Å². The average Bonchev–Trinajstić information content (AvgIpc) is 3.10. The van der Waals surface area contributed by atoms with Crippen LogP contribution >= 0.6 is 0 Å². The number of benzene rings is 3. The number of fused-ring (bicyclic) bond motifs is 1. The van der Waals surface area contributed by atoms with E-state index in [1.165, 1.54) is 29.3 Å². The third-order valence-electron chi connectivity index (χ3n) is 5.49. The highest BCUT2D eigenvalue weighted by molar-refractivity contribution is 6.33. The maximum atomic E-state index is 12.6. The summed E-state index contributed by atoms with van der Waals surface area (Å²) in [6.07, 6.45) is 1.72. The number of amides is 2. The minimum atomic E-state index is -0.481. The molecule has 5 N–H and O–H groups in total. The molecule has 7 nitrogen and oxygen atoms in total. The first kappa shape index (κ1) is 21.1. The van der Waals surface area contributed by atoms with E-state index in [0.29, 0.717) is 5.57 Å². The maximum absolute atomic E-state index is 12.6. The van der Waals surface area contributed by atoms with Crippen LogP contribution in [0.2, 0.25) is 0 Å². The number of carbonyl (C=O) groups is 2. The van der Waals surface area contributed by atoms with Crippen molar-refractivity contribution in [2.45, 2.75) is 13.8 Å². The van der Waals surface area contributed by atoms with Gasteiger partial charge in [-0.2, -0.15) is 0 Å². The summed E-state index contributed by atoms with van der Waals surface area (Å²) >= 11 is 0. The minimum absolute atomic E-state index is 0.182. The first-order chi connectivity index (χ1) is 15.3. The molecule has 4 rings (SSSR count). The molecule has 0 radical (unpaired) electrons. The Morgan fingerprint density at radius 3 is 2.56 bits per heavy atom. The van der Waals surface area contributed by atoms with Gasteiger partial charge in [0.15, 0.2) is 11.5 Å². The molecule has 2 amide bonds. The van der Waals surface area contributed by atoms with Crippen LogP contribution in [0.15, 0.2) is 60.7 Å². The van der Waals surface area contributed by atoms with E-state index in [0.717, 1.165) is 22.4 Å². The summed E-state index contributed by atoms with van der Waals surface area (Å²) in [7, 11) is 0. The first-order valence-electron chi connectivity index (χ1n) is 10.1. The summed E-state index contributed by atoms with van der Waals surface area (Å²) < 4.78 is 0. The minimum Gasteiger partial charge on any atom is -0.504 e. The Morgan fingerprint density at radius 1 is 1.00 bits per heavy atom. The highest BCUT2D eigenvalue weighted by Gasteiger charge is 2.27. The second kappa shape index (κ2) is 8.56. The fourth-order valence-electron chi connectivity index (χ4n) is 3.62. The lowest BCUT2D eigenvalue weighted by Gasteiger charge is -2.11. The number of rotatable bonds is 5. The Balaban J connectivity index is 1.53. The fourth-order valence-corrected chi connectivity index (χ4v) is 3.62. The average molecular weight is 429 g/mol. The van der Waals surface area contributed by atoms with E-state index in [4.69, 9.17) is 0 Å². The van der Waals surface area contributed by atoms with Gasteiger partial charge in [0.05, 0.1) is 0 Å². The summed E-state index contributed by atoms with van der Waals surface area (Å²) in [5.74, 6) is -1.36. The molecule has 0 spiro atoms. The number of phenolic OH excluding ortho intramolecular Hbond substituents is 2. The molecule has 3 aromatic rings. The molecule has 0 aromatic heterocycles. The number of carbonyl (C=O) groups excluding carboxylic acids is 2. The van der Waals surface area contributed by atoms with Crippen molar-refractivity contribution in [2.24, 2.45) is 0 Å². The van der Waals surface area contributed by atoms with Gasteiger partial charge in [-0.05, 0) is 60.4 Å². The zero-order valence-corrected chi connectivity index (χ0v) is 17.7. The molecule has 0 atom stereocenters. The number of nitrogens with one attached hydrogen (secondary N) is 3. The summed E-state index contributed by atoms with van der Waals surface area (Å²) in [4.78, 5) is 24.8. The van der Waals surface area contributed by atoms with Crippen molar-refractivity contribution < 1.29 is 19.8 Å². The standard InChI is InChI=1S/C25H23N3O4/c1-14-6-7-16(12-15(14)2)18-4-3-5-20-23(18)19(25(32)27-20)10-11-26-28-24(31)17-8-9-21(29)22(30)13-17/h3-10,12-13,26,29-30H,11H2,1-2H3,(H,27,32)(H,28,31)/b19-10-. The third-order valence-corrected chi connectivity index (χ3v) is 5.49. The summed E-state index contributed by atoms with van der Waals surface area (Å²) in [6.45, 7) is 4.33. The Kier molecular flexibility index (Phi) is 5.66. The van der Waals surface area contributed by atoms with Crippen LogP contribution < -0.4 is 16.2 Å². The number of hydrogen-bond acceptors (Lipinski definition) is 5. The summed E-state index contributed by atoms with van der Waals surface area (Å²) in [6, 6.07) is 15.8. The quantitative estimate of drug-likeness (QED) is 0.184. The van der Waals surface area contributed by atoms with Gasteiger partial charge in [0.25, 0.3) is 11.8 Å². The van der Waals surface area contributed by atoms with E-state index < -0.39 is 5.91 Å². The molecular weight excluding hydrogens is 406 g/mol. The number of phenols is 2. The normalized spacial score (nSPS) is 13.7. The zero-order valence-electron chi connectivity index (χ0n) is 17.7. The summed E-state index contributed by atoms with van der Waals surface area (Å²) in [5, 5.41) is 21.8.